The predicted octanol–water partition coefficient (Wildman–Crippen LogP) is 1.90. The zero-order valence-electron chi connectivity index (χ0n) is 15.2. The third-order valence-electron chi connectivity index (χ3n) is 5.37. The second-order valence-corrected chi connectivity index (χ2v) is 7.38. The third-order valence-corrected chi connectivity index (χ3v) is 5.37. The molecule has 0 saturated carbocycles. The lowest BCUT2D eigenvalue weighted by atomic mass is 9.93. The highest BCUT2D eigenvalue weighted by Gasteiger charge is 2.22. The first-order chi connectivity index (χ1) is 12.8. The van der Waals surface area contributed by atoms with Crippen LogP contribution in [0.15, 0.2) is 24.7 Å². The SMILES string of the molecule is Nc1nccnc1C[C@H]1CCCN(Cc2ccnc(N3CCCC3)n2)C1. The van der Waals surface area contributed by atoms with Crippen molar-refractivity contribution in [2.75, 3.05) is 36.8 Å². The van der Waals surface area contributed by atoms with E-state index in [9.17, 15) is 0 Å². The molecule has 0 amide bonds. The smallest absolute Gasteiger partial charge is 0.225 e. The minimum atomic E-state index is 0.565. The minimum absolute atomic E-state index is 0.565. The summed E-state index contributed by atoms with van der Waals surface area (Å²) in [6.45, 7) is 5.22. The maximum atomic E-state index is 5.96. The Labute approximate surface area is 154 Å². The summed E-state index contributed by atoms with van der Waals surface area (Å²) >= 11 is 0. The van der Waals surface area contributed by atoms with E-state index >= 15 is 0 Å². The number of rotatable bonds is 5. The molecular weight excluding hydrogens is 326 g/mol. The average molecular weight is 353 g/mol. The molecule has 0 bridgehead atoms. The molecule has 1 atom stereocenters. The maximum Gasteiger partial charge on any atom is 0.225 e. The van der Waals surface area contributed by atoms with Gasteiger partial charge in [-0.05, 0) is 50.6 Å². The number of anilines is 2. The molecule has 0 spiro atoms. The van der Waals surface area contributed by atoms with E-state index in [-0.39, 0.29) is 0 Å². The van der Waals surface area contributed by atoms with Crippen LogP contribution in [0, 0.1) is 5.92 Å². The standard InChI is InChI=1S/C19H27N7/c20-18-17(21-7-8-22-18)12-15-4-3-9-25(13-15)14-16-5-6-23-19(24-16)26-10-1-2-11-26/h5-8,15H,1-4,9-14H2,(H2,20,22)/t15-/m1/s1. The molecular formula is C19H27N7. The number of nitrogen functional groups attached to an aromatic ring is 1. The highest BCUT2D eigenvalue weighted by Crippen LogP contribution is 2.23. The topological polar surface area (TPSA) is 84.1 Å². The Morgan fingerprint density at radius 3 is 2.69 bits per heavy atom. The van der Waals surface area contributed by atoms with Gasteiger partial charge < -0.3 is 10.6 Å². The molecule has 2 aromatic heterocycles. The Morgan fingerprint density at radius 2 is 1.85 bits per heavy atom. The zero-order valence-corrected chi connectivity index (χ0v) is 15.2. The van der Waals surface area contributed by atoms with Gasteiger partial charge in [-0.25, -0.2) is 15.0 Å². The van der Waals surface area contributed by atoms with Gasteiger partial charge in [-0.2, -0.15) is 0 Å². The van der Waals surface area contributed by atoms with Crippen LogP contribution in [0.5, 0.6) is 0 Å². The summed E-state index contributed by atoms with van der Waals surface area (Å²) in [7, 11) is 0. The number of nitrogens with zero attached hydrogens (tertiary/aromatic N) is 6. The number of hydrogen-bond acceptors (Lipinski definition) is 7. The fourth-order valence-electron chi connectivity index (χ4n) is 4.04. The van der Waals surface area contributed by atoms with E-state index in [1.54, 1.807) is 12.4 Å². The summed E-state index contributed by atoms with van der Waals surface area (Å²) in [6, 6.07) is 2.05. The minimum Gasteiger partial charge on any atom is -0.382 e. The lowest BCUT2D eigenvalue weighted by molar-refractivity contribution is 0.165. The van der Waals surface area contributed by atoms with Gasteiger partial charge in [0.1, 0.15) is 5.82 Å². The van der Waals surface area contributed by atoms with E-state index in [0.717, 1.165) is 56.5 Å². The van der Waals surface area contributed by atoms with Crippen molar-refractivity contribution in [1.29, 1.82) is 0 Å². The number of piperidine rings is 1. The van der Waals surface area contributed by atoms with Gasteiger partial charge in [0.2, 0.25) is 5.95 Å². The van der Waals surface area contributed by atoms with Crippen molar-refractivity contribution >= 4 is 11.8 Å². The Bertz CT molecular complexity index is 729. The summed E-state index contributed by atoms with van der Waals surface area (Å²) in [6.07, 6.45) is 11.1. The van der Waals surface area contributed by atoms with Crippen LogP contribution in [0.2, 0.25) is 0 Å². The first-order valence-corrected chi connectivity index (χ1v) is 9.62. The lowest BCUT2D eigenvalue weighted by Crippen LogP contribution is -2.36. The fraction of sp³-hybridized carbons (Fsp3) is 0.579. The molecule has 7 heteroatoms. The lowest BCUT2D eigenvalue weighted by Gasteiger charge is -2.32. The van der Waals surface area contributed by atoms with E-state index < -0.39 is 0 Å². The molecule has 26 heavy (non-hydrogen) atoms. The van der Waals surface area contributed by atoms with Gasteiger partial charge in [0, 0.05) is 44.8 Å². The molecule has 0 aliphatic carbocycles. The summed E-state index contributed by atoms with van der Waals surface area (Å²) in [5, 5.41) is 0. The second-order valence-electron chi connectivity index (χ2n) is 7.38. The molecule has 2 saturated heterocycles. The van der Waals surface area contributed by atoms with Crippen molar-refractivity contribution in [2.45, 2.75) is 38.6 Å². The van der Waals surface area contributed by atoms with Gasteiger partial charge >= 0.3 is 0 Å². The molecule has 2 aliphatic heterocycles. The van der Waals surface area contributed by atoms with Crippen molar-refractivity contribution < 1.29 is 0 Å². The van der Waals surface area contributed by atoms with Gasteiger partial charge in [-0.3, -0.25) is 9.88 Å². The van der Waals surface area contributed by atoms with E-state index in [1.807, 2.05) is 12.3 Å². The van der Waals surface area contributed by atoms with Crippen molar-refractivity contribution in [2.24, 2.45) is 5.92 Å². The third kappa shape index (κ3) is 4.09. The summed E-state index contributed by atoms with van der Waals surface area (Å²) in [5.74, 6) is 2.03. The highest BCUT2D eigenvalue weighted by molar-refractivity contribution is 5.33. The largest absolute Gasteiger partial charge is 0.382 e. The molecule has 0 radical (unpaired) electrons. The summed E-state index contributed by atoms with van der Waals surface area (Å²) in [4.78, 5) is 22.6. The fourth-order valence-corrected chi connectivity index (χ4v) is 4.04. The average Bonchev–Trinajstić information content (AvgIpc) is 3.19. The van der Waals surface area contributed by atoms with Gasteiger partial charge in [0.15, 0.2) is 0 Å². The molecule has 4 rings (SSSR count). The van der Waals surface area contributed by atoms with Crippen molar-refractivity contribution in [3.8, 4) is 0 Å². The Balaban J connectivity index is 1.37. The second kappa shape index (κ2) is 7.95. The summed E-state index contributed by atoms with van der Waals surface area (Å²) < 4.78 is 0. The van der Waals surface area contributed by atoms with Crippen molar-refractivity contribution in [3.05, 3.63) is 36.0 Å². The van der Waals surface area contributed by atoms with Crippen LogP contribution in [0.25, 0.3) is 0 Å². The van der Waals surface area contributed by atoms with Crippen molar-refractivity contribution in [1.82, 2.24) is 24.8 Å². The molecule has 2 N–H and O–H groups in total. The van der Waals surface area contributed by atoms with Crippen LogP contribution in [-0.2, 0) is 13.0 Å². The van der Waals surface area contributed by atoms with Gasteiger partial charge in [0.05, 0.1) is 11.4 Å². The molecule has 2 aliphatic rings. The zero-order chi connectivity index (χ0) is 17.8. The van der Waals surface area contributed by atoms with Gasteiger partial charge in [0.25, 0.3) is 0 Å². The van der Waals surface area contributed by atoms with E-state index in [4.69, 9.17) is 10.7 Å². The molecule has 7 nitrogen and oxygen atoms in total. The number of hydrogen-bond donors (Lipinski definition) is 1. The van der Waals surface area contributed by atoms with E-state index in [0.29, 0.717) is 11.7 Å². The summed E-state index contributed by atoms with van der Waals surface area (Å²) in [5.41, 5.74) is 8.00. The molecule has 0 aromatic carbocycles. The van der Waals surface area contributed by atoms with Crippen LogP contribution in [-0.4, -0.2) is 51.0 Å². The Morgan fingerprint density at radius 1 is 1.00 bits per heavy atom. The molecule has 2 aromatic rings. The predicted molar refractivity (Wildman–Crippen MR) is 102 cm³/mol. The van der Waals surface area contributed by atoms with Crippen LogP contribution in [0.1, 0.15) is 37.1 Å². The van der Waals surface area contributed by atoms with E-state index in [2.05, 4.69) is 24.8 Å². The quantitative estimate of drug-likeness (QED) is 0.879. The number of nitrogens with two attached hydrogens (primary N) is 1. The Kier molecular flexibility index (Phi) is 5.24. The molecule has 2 fully saturated rings. The molecule has 0 unspecified atom stereocenters. The maximum absolute atomic E-state index is 5.96. The van der Waals surface area contributed by atoms with Crippen molar-refractivity contribution in [3.63, 3.8) is 0 Å². The van der Waals surface area contributed by atoms with E-state index in [1.165, 1.54) is 25.7 Å². The van der Waals surface area contributed by atoms with Crippen LogP contribution in [0.4, 0.5) is 11.8 Å². The monoisotopic (exact) mass is 353 g/mol. The number of likely N-dealkylation sites (tertiary alicyclic amines) is 1. The normalized spacial score (nSPS) is 21.2. The Hall–Kier alpha value is -2.28. The highest BCUT2D eigenvalue weighted by atomic mass is 15.3. The van der Waals surface area contributed by atoms with Crippen LogP contribution < -0.4 is 10.6 Å². The van der Waals surface area contributed by atoms with Gasteiger partial charge in [-0.15, -0.1) is 0 Å². The van der Waals surface area contributed by atoms with Gasteiger partial charge in [-0.1, -0.05) is 0 Å². The molecule has 4 heterocycles. The molecule has 138 valence electrons. The van der Waals surface area contributed by atoms with Crippen LogP contribution >= 0.6 is 0 Å². The van der Waals surface area contributed by atoms with Crippen LogP contribution in [0.3, 0.4) is 0 Å². The first-order valence-electron chi connectivity index (χ1n) is 9.62. The first kappa shape index (κ1) is 17.1. The number of aromatic nitrogens is 4.